The summed E-state index contributed by atoms with van der Waals surface area (Å²) in [7, 11) is 0. The van der Waals surface area contributed by atoms with Crippen LogP contribution in [-0.2, 0) is 4.79 Å². The zero-order valence-corrected chi connectivity index (χ0v) is 8.47. The molecule has 0 radical (unpaired) electrons. The summed E-state index contributed by atoms with van der Waals surface area (Å²) in [5.41, 5.74) is 0.513. The van der Waals surface area contributed by atoms with E-state index in [0.29, 0.717) is 11.8 Å². The molecule has 0 saturated carbocycles. The molecule has 1 atom stereocenters. The average Bonchev–Trinajstić information content (AvgIpc) is 2.26. The molecule has 16 heavy (non-hydrogen) atoms. The molecule has 5 nitrogen and oxygen atoms in total. The second-order valence-corrected chi connectivity index (χ2v) is 3.29. The minimum absolute atomic E-state index is 0.00278. The molecule has 0 bridgehead atoms. The van der Waals surface area contributed by atoms with Crippen molar-refractivity contribution in [2.45, 2.75) is 13.0 Å². The molecule has 1 aromatic rings. The van der Waals surface area contributed by atoms with Gasteiger partial charge in [-0.3, -0.25) is 4.79 Å². The van der Waals surface area contributed by atoms with Gasteiger partial charge >= 0.3 is 5.97 Å². The van der Waals surface area contributed by atoms with Crippen LogP contribution >= 0.6 is 0 Å². The van der Waals surface area contributed by atoms with Crippen LogP contribution < -0.4 is 0 Å². The van der Waals surface area contributed by atoms with Crippen LogP contribution in [0.2, 0.25) is 0 Å². The van der Waals surface area contributed by atoms with Crippen molar-refractivity contribution in [3.63, 3.8) is 0 Å². The number of carbonyl (C=O) groups is 2. The number of carbonyl (C=O) groups excluding carboxylic acids is 1. The van der Waals surface area contributed by atoms with E-state index in [9.17, 15) is 14.7 Å². The molecule has 0 amide bonds. The average molecular weight is 219 g/mol. The Kier molecular flexibility index (Phi) is 3.38. The van der Waals surface area contributed by atoms with E-state index in [1.165, 1.54) is 12.1 Å². The first-order chi connectivity index (χ1) is 7.51. The lowest BCUT2D eigenvalue weighted by atomic mass is 9.95. The summed E-state index contributed by atoms with van der Waals surface area (Å²) in [6, 6.07) is 4.62. The number of carboxylic acid groups (broad SMARTS) is 1. The van der Waals surface area contributed by atoms with E-state index in [1.807, 2.05) is 0 Å². The number of nitriles is 1. The number of aldehydes is 1. The number of hydrogen-bond acceptors (Lipinski definition) is 4. The molecule has 0 heterocycles. The Bertz CT molecular complexity index is 487. The zero-order valence-electron chi connectivity index (χ0n) is 8.47. The lowest BCUT2D eigenvalue weighted by Gasteiger charge is -2.11. The summed E-state index contributed by atoms with van der Waals surface area (Å²) < 4.78 is 0. The quantitative estimate of drug-likeness (QED) is 0.732. The molecule has 0 aliphatic carbocycles. The van der Waals surface area contributed by atoms with Gasteiger partial charge in [-0.1, -0.05) is 0 Å². The van der Waals surface area contributed by atoms with Gasteiger partial charge in [0, 0.05) is 11.1 Å². The minimum atomic E-state index is -1.87. The fourth-order valence-corrected chi connectivity index (χ4v) is 1.44. The summed E-state index contributed by atoms with van der Waals surface area (Å²) in [6.07, 6.45) is -1.44. The molecule has 1 aromatic carbocycles. The number of aliphatic hydroxyl groups is 1. The number of benzene rings is 1. The monoisotopic (exact) mass is 219 g/mol. The van der Waals surface area contributed by atoms with Crippen molar-refractivity contribution >= 4 is 12.3 Å². The largest absolute Gasteiger partial charge is 0.479 e. The number of rotatable bonds is 3. The summed E-state index contributed by atoms with van der Waals surface area (Å²) in [4.78, 5) is 21.4. The van der Waals surface area contributed by atoms with Gasteiger partial charge < -0.3 is 10.2 Å². The molecule has 0 aliphatic rings. The summed E-state index contributed by atoms with van der Waals surface area (Å²) >= 11 is 0. The van der Waals surface area contributed by atoms with Gasteiger partial charge in [-0.25, -0.2) is 4.79 Å². The molecule has 1 rings (SSSR count). The van der Waals surface area contributed by atoms with Crippen molar-refractivity contribution in [3.8, 4) is 6.07 Å². The highest BCUT2D eigenvalue weighted by Gasteiger charge is 2.23. The lowest BCUT2D eigenvalue weighted by molar-refractivity contribution is -0.146. The predicted octanol–water partition coefficient (Wildman–Crippen LogP) is 0.797. The number of aryl methyl sites for hydroxylation is 1. The maximum Gasteiger partial charge on any atom is 0.337 e. The normalized spacial score (nSPS) is 11.6. The molecule has 1 unspecified atom stereocenters. The first-order valence-electron chi connectivity index (χ1n) is 4.42. The van der Waals surface area contributed by atoms with Gasteiger partial charge in [0.1, 0.15) is 6.29 Å². The first kappa shape index (κ1) is 11.9. The minimum Gasteiger partial charge on any atom is -0.479 e. The Labute approximate surface area is 91.6 Å². The molecule has 82 valence electrons. The van der Waals surface area contributed by atoms with Crippen molar-refractivity contribution < 1.29 is 19.8 Å². The molecule has 0 aliphatic heterocycles. The standard InChI is InChI=1S/C11H9NO4/c1-6-2-7(4-12)9(8(3-6)5-13)10(14)11(15)16/h2-3,5,10,14H,1H3,(H,15,16). The molecule has 0 saturated heterocycles. The lowest BCUT2D eigenvalue weighted by Crippen LogP contribution is -2.14. The van der Waals surface area contributed by atoms with E-state index in [4.69, 9.17) is 10.4 Å². The maximum atomic E-state index is 10.8. The highest BCUT2D eigenvalue weighted by atomic mass is 16.4. The Morgan fingerprint density at radius 1 is 1.56 bits per heavy atom. The van der Waals surface area contributed by atoms with Crippen LogP contribution in [0.5, 0.6) is 0 Å². The van der Waals surface area contributed by atoms with Crippen LogP contribution in [0.4, 0.5) is 0 Å². The number of hydrogen-bond donors (Lipinski definition) is 2. The third-order valence-electron chi connectivity index (χ3n) is 2.11. The van der Waals surface area contributed by atoms with Gasteiger partial charge in [-0.05, 0) is 24.6 Å². The molecule has 5 heteroatoms. The second-order valence-electron chi connectivity index (χ2n) is 3.29. The number of aliphatic hydroxyl groups excluding tert-OH is 1. The van der Waals surface area contributed by atoms with Gasteiger partial charge in [0.15, 0.2) is 6.10 Å². The summed E-state index contributed by atoms with van der Waals surface area (Å²) in [6.45, 7) is 1.67. The van der Waals surface area contributed by atoms with E-state index < -0.39 is 12.1 Å². The molecular formula is C11H9NO4. The highest BCUT2D eigenvalue weighted by Crippen LogP contribution is 2.23. The van der Waals surface area contributed by atoms with Crippen molar-refractivity contribution in [1.29, 1.82) is 5.26 Å². The molecule has 0 aromatic heterocycles. The van der Waals surface area contributed by atoms with E-state index in [-0.39, 0.29) is 16.7 Å². The Balaban J connectivity index is 3.52. The van der Waals surface area contributed by atoms with Gasteiger partial charge in [-0.2, -0.15) is 5.26 Å². The van der Waals surface area contributed by atoms with Gasteiger partial charge in [0.25, 0.3) is 0 Å². The molecule has 2 N–H and O–H groups in total. The van der Waals surface area contributed by atoms with Crippen LogP contribution in [0.1, 0.15) is 33.2 Å². The molecular weight excluding hydrogens is 210 g/mol. The van der Waals surface area contributed by atoms with E-state index in [2.05, 4.69) is 0 Å². The Morgan fingerprint density at radius 3 is 2.62 bits per heavy atom. The summed E-state index contributed by atoms with van der Waals surface area (Å²) in [5, 5.41) is 26.9. The van der Waals surface area contributed by atoms with Crippen LogP contribution in [0, 0.1) is 18.3 Å². The van der Waals surface area contributed by atoms with Crippen LogP contribution in [0.15, 0.2) is 12.1 Å². The predicted molar refractivity (Wildman–Crippen MR) is 53.9 cm³/mol. The van der Waals surface area contributed by atoms with Crippen LogP contribution in [-0.4, -0.2) is 22.5 Å². The zero-order chi connectivity index (χ0) is 12.3. The molecule has 0 spiro atoms. The van der Waals surface area contributed by atoms with Crippen molar-refractivity contribution in [2.75, 3.05) is 0 Å². The van der Waals surface area contributed by atoms with E-state index >= 15 is 0 Å². The molecule has 0 fully saturated rings. The number of carboxylic acids is 1. The second kappa shape index (κ2) is 4.55. The highest BCUT2D eigenvalue weighted by molar-refractivity contribution is 5.85. The summed E-state index contributed by atoms with van der Waals surface area (Å²) in [5.74, 6) is -1.50. The van der Waals surface area contributed by atoms with Gasteiger partial charge in [0.2, 0.25) is 0 Å². The van der Waals surface area contributed by atoms with Crippen LogP contribution in [0.3, 0.4) is 0 Å². The van der Waals surface area contributed by atoms with E-state index in [1.54, 1.807) is 13.0 Å². The third kappa shape index (κ3) is 2.07. The van der Waals surface area contributed by atoms with E-state index in [0.717, 1.165) is 0 Å². The first-order valence-corrected chi connectivity index (χ1v) is 4.42. The number of nitrogens with zero attached hydrogens (tertiary/aromatic N) is 1. The van der Waals surface area contributed by atoms with Gasteiger partial charge in [0.05, 0.1) is 11.6 Å². The topological polar surface area (TPSA) is 98.4 Å². The SMILES string of the molecule is Cc1cc(C#N)c(C(O)C(=O)O)c(C=O)c1. The van der Waals surface area contributed by atoms with Crippen molar-refractivity contribution in [2.24, 2.45) is 0 Å². The Morgan fingerprint density at radius 2 is 2.19 bits per heavy atom. The maximum absolute atomic E-state index is 10.8. The van der Waals surface area contributed by atoms with Crippen LogP contribution in [0.25, 0.3) is 0 Å². The van der Waals surface area contributed by atoms with Gasteiger partial charge in [-0.15, -0.1) is 0 Å². The fraction of sp³-hybridized carbons (Fsp3) is 0.182. The third-order valence-corrected chi connectivity index (χ3v) is 2.11. The smallest absolute Gasteiger partial charge is 0.337 e. The number of aliphatic carboxylic acids is 1. The van der Waals surface area contributed by atoms with Crippen molar-refractivity contribution in [3.05, 3.63) is 34.4 Å². The Hall–Kier alpha value is -2.19. The fourth-order valence-electron chi connectivity index (χ4n) is 1.44. The van der Waals surface area contributed by atoms with Crippen molar-refractivity contribution in [1.82, 2.24) is 0 Å².